The summed E-state index contributed by atoms with van der Waals surface area (Å²) < 4.78 is 19.9. The van der Waals surface area contributed by atoms with E-state index in [4.69, 9.17) is 9.72 Å². The molecule has 2 nitrogen and oxygen atoms in total. The van der Waals surface area contributed by atoms with Crippen molar-refractivity contribution in [1.29, 1.82) is 0 Å². The van der Waals surface area contributed by atoms with Crippen molar-refractivity contribution in [3.63, 3.8) is 0 Å². The zero-order valence-corrected chi connectivity index (χ0v) is 17.5. The number of unbranched alkanes of at least 4 members (excludes halogenated alkanes) is 1. The van der Waals surface area contributed by atoms with Crippen LogP contribution in [-0.2, 0) is 0 Å². The Labute approximate surface area is 170 Å². The lowest BCUT2D eigenvalue weighted by molar-refractivity contribution is 0.304. The van der Waals surface area contributed by atoms with Gasteiger partial charge in [-0.15, -0.1) is 11.3 Å². The highest BCUT2D eigenvalue weighted by Gasteiger charge is 2.22. The van der Waals surface area contributed by atoms with Gasteiger partial charge in [-0.25, -0.2) is 9.37 Å². The summed E-state index contributed by atoms with van der Waals surface area (Å²) in [5.41, 5.74) is 3.27. The molecule has 1 aliphatic carbocycles. The Morgan fingerprint density at radius 1 is 1.11 bits per heavy atom. The molecule has 0 N–H and O–H groups in total. The van der Waals surface area contributed by atoms with Gasteiger partial charge in [0.1, 0.15) is 22.1 Å². The summed E-state index contributed by atoms with van der Waals surface area (Å²) in [4.78, 5) is 4.70. The van der Waals surface area contributed by atoms with E-state index in [1.165, 1.54) is 74.0 Å². The molecule has 0 amide bonds. The van der Waals surface area contributed by atoms with Crippen LogP contribution < -0.4 is 4.74 Å². The Kier molecular flexibility index (Phi) is 5.96. The molecule has 0 saturated heterocycles. The maximum absolute atomic E-state index is 13.7. The van der Waals surface area contributed by atoms with E-state index in [2.05, 4.69) is 31.2 Å². The number of rotatable bonds is 6. The molecule has 1 heterocycles. The highest BCUT2D eigenvalue weighted by molar-refractivity contribution is 7.21. The highest BCUT2D eigenvalue weighted by atomic mass is 32.1. The Balaban J connectivity index is 1.49. The maximum atomic E-state index is 13.7. The fraction of sp³-hybridized carbons (Fsp3) is 0.458. The van der Waals surface area contributed by atoms with E-state index in [9.17, 15) is 4.39 Å². The van der Waals surface area contributed by atoms with Crippen molar-refractivity contribution in [3.05, 3.63) is 47.8 Å². The molecule has 1 aromatic heterocycles. The van der Waals surface area contributed by atoms with Crippen LogP contribution in [0.25, 0.3) is 20.8 Å². The standard InChI is InChI=1S/C24H28FNOS/c1-3-4-5-16-6-8-17(9-7-16)18-10-12-19(13-11-18)24-26-23-21(27-2)14-20(25)15-22(23)28-24/h10-17H,3-9H2,1-2H3. The number of fused-ring (bicyclic) bond motifs is 1. The quantitative estimate of drug-likeness (QED) is 0.428. The topological polar surface area (TPSA) is 22.1 Å². The monoisotopic (exact) mass is 397 g/mol. The van der Waals surface area contributed by atoms with Crippen LogP contribution in [0.1, 0.15) is 63.4 Å². The van der Waals surface area contributed by atoms with Crippen molar-refractivity contribution in [2.75, 3.05) is 7.11 Å². The molecule has 0 radical (unpaired) electrons. The first kappa shape index (κ1) is 19.4. The second-order valence-electron chi connectivity index (χ2n) is 7.96. The molecule has 0 aliphatic heterocycles. The van der Waals surface area contributed by atoms with Gasteiger partial charge in [0.05, 0.1) is 11.8 Å². The summed E-state index contributed by atoms with van der Waals surface area (Å²) in [5, 5.41) is 0.911. The molecule has 2 aromatic carbocycles. The van der Waals surface area contributed by atoms with Crippen LogP contribution >= 0.6 is 11.3 Å². The van der Waals surface area contributed by atoms with Crippen molar-refractivity contribution in [2.45, 2.75) is 57.8 Å². The van der Waals surface area contributed by atoms with Crippen molar-refractivity contribution in [1.82, 2.24) is 4.98 Å². The second-order valence-corrected chi connectivity index (χ2v) is 8.99. The van der Waals surface area contributed by atoms with Gasteiger partial charge in [0, 0.05) is 11.6 Å². The molecular weight excluding hydrogens is 369 g/mol. The van der Waals surface area contributed by atoms with Gasteiger partial charge in [0.15, 0.2) is 0 Å². The highest BCUT2D eigenvalue weighted by Crippen LogP contribution is 2.39. The minimum absolute atomic E-state index is 0.288. The Hall–Kier alpha value is -1.94. The molecule has 0 bridgehead atoms. The van der Waals surface area contributed by atoms with Crippen molar-refractivity contribution >= 4 is 21.6 Å². The lowest BCUT2D eigenvalue weighted by Gasteiger charge is -2.28. The molecule has 4 heteroatoms. The molecular formula is C24H28FNOS. The summed E-state index contributed by atoms with van der Waals surface area (Å²) in [6.07, 6.45) is 9.46. The SMILES string of the molecule is CCCCC1CCC(c2ccc(-c3nc4c(OC)cc(F)cc4s3)cc2)CC1. The fourth-order valence-corrected chi connectivity index (χ4v) is 5.43. The average Bonchev–Trinajstić information content (AvgIpc) is 3.16. The maximum Gasteiger partial charge on any atom is 0.148 e. The van der Waals surface area contributed by atoms with E-state index >= 15 is 0 Å². The molecule has 1 aliphatic rings. The smallest absolute Gasteiger partial charge is 0.148 e. The Morgan fingerprint density at radius 3 is 2.54 bits per heavy atom. The average molecular weight is 398 g/mol. The van der Waals surface area contributed by atoms with Gasteiger partial charge in [-0.1, -0.05) is 50.5 Å². The third kappa shape index (κ3) is 4.07. The number of hydrogen-bond acceptors (Lipinski definition) is 3. The van der Waals surface area contributed by atoms with Gasteiger partial charge in [0.25, 0.3) is 0 Å². The number of ether oxygens (including phenoxy) is 1. The second kappa shape index (κ2) is 8.60. The lowest BCUT2D eigenvalue weighted by atomic mass is 9.77. The number of halogens is 1. The van der Waals surface area contributed by atoms with Gasteiger partial charge in [-0.3, -0.25) is 0 Å². The summed E-state index contributed by atoms with van der Waals surface area (Å²) in [6.45, 7) is 2.28. The molecule has 148 valence electrons. The van der Waals surface area contributed by atoms with Crippen molar-refractivity contribution < 1.29 is 9.13 Å². The molecule has 0 unspecified atom stereocenters. The predicted molar refractivity (Wildman–Crippen MR) is 116 cm³/mol. The van der Waals surface area contributed by atoms with E-state index < -0.39 is 0 Å². The van der Waals surface area contributed by atoms with Gasteiger partial charge >= 0.3 is 0 Å². The Morgan fingerprint density at radius 2 is 1.86 bits per heavy atom. The summed E-state index contributed by atoms with van der Waals surface area (Å²) in [7, 11) is 1.55. The molecule has 28 heavy (non-hydrogen) atoms. The number of thiazole rings is 1. The zero-order valence-electron chi connectivity index (χ0n) is 16.7. The number of methoxy groups -OCH3 is 1. The van der Waals surface area contributed by atoms with E-state index in [0.29, 0.717) is 11.7 Å². The largest absolute Gasteiger partial charge is 0.494 e. The van der Waals surface area contributed by atoms with E-state index in [-0.39, 0.29) is 5.82 Å². The molecule has 0 atom stereocenters. The number of aromatic nitrogens is 1. The van der Waals surface area contributed by atoms with Crippen LogP contribution in [0.5, 0.6) is 5.75 Å². The van der Waals surface area contributed by atoms with Gasteiger partial charge in [-0.05, 0) is 49.1 Å². The van der Waals surface area contributed by atoms with Crippen LogP contribution in [-0.4, -0.2) is 12.1 Å². The summed E-state index contributed by atoms with van der Waals surface area (Å²) in [5.74, 6) is 1.84. The molecule has 0 spiro atoms. The normalized spacial score (nSPS) is 19.8. The first-order valence-corrected chi connectivity index (χ1v) is 11.2. The predicted octanol–water partition coefficient (Wildman–Crippen LogP) is 7.58. The van der Waals surface area contributed by atoms with Crippen LogP contribution in [0.15, 0.2) is 36.4 Å². The van der Waals surface area contributed by atoms with Gasteiger partial charge in [-0.2, -0.15) is 0 Å². The van der Waals surface area contributed by atoms with E-state index in [1.807, 2.05) is 0 Å². The van der Waals surface area contributed by atoms with E-state index in [1.54, 1.807) is 7.11 Å². The number of hydrogen-bond donors (Lipinski definition) is 0. The van der Waals surface area contributed by atoms with Crippen LogP contribution in [0.2, 0.25) is 0 Å². The molecule has 1 fully saturated rings. The minimum Gasteiger partial charge on any atom is -0.494 e. The first-order chi connectivity index (χ1) is 13.7. The molecule has 3 aromatic rings. The first-order valence-electron chi connectivity index (χ1n) is 10.4. The fourth-order valence-electron chi connectivity index (χ4n) is 4.42. The minimum atomic E-state index is -0.288. The molecule has 4 rings (SSSR count). The van der Waals surface area contributed by atoms with Crippen LogP contribution in [0.3, 0.4) is 0 Å². The van der Waals surface area contributed by atoms with Gasteiger partial charge < -0.3 is 4.74 Å². The van der Waals surface area contributed by atoms with E-state index in [0.717, 1.165) is 26.7 Å². The van der Waals surface area contributed by atoms with Crippen molar-refractivity contribution in [3.8, 4) is 16.3 Å². The number of nitrogens with zero attached hydrogens (tertiary/aromatic N) is 1. The third-order valence-electron chi connectivity index (χ3n) is 6.09. The lowest BCUT2D eigenvalue weighted by Crippen LogP contribution is -2.13. The van der Waals surface area contributed by atoms with Crippen LogP contribution in [0.4, 0.5) is 4.39 Å². The molecule has 1 saturated carbocycles. The number of benzene rings is 2. The summed E-state index contributed by atoms with van der Waals surface area (Å²) >= 11 is 1.51. The van der Waals surface area contributed by atoms with Crippen molar-refractivity contribution in [2.24, 2.45) is 5.92 Å². The Bertz CT molecular complexity index is 926. The third-order valence-corrected chi connectivity index (χ3v) is 7.14. The van der Waals surface area contributed by atoms with Gasteiger partial charge in [0.2, 0.25) is 0 Å². The summed E-state index contributed by atoms with van der Waals surface area (Å²) in [6, 6.07) is 11.8. The zero-order chi connectivity index (χ0) is 19.5. The van der Waals surface area contributed by atoms with Crippen LogP contribution in [0, 0.1) is 11.7 Å².